The first kappa shape index (κ1) is 16.7. The Morgan fingerprint density at radius 3 is 2.18 bits per heavy atom. The topological polar surface area (TPSA) is 63.2 Å². The number of halogens is 1. The fourth-order valence-corrected chi connectivity index (χ4v) is 3.25. The molecular weight excluding hydrogens is 366 g/mol. The molecule has 0 aliphatic rings. The van der Waals surface area contributed by atoms with Crippen molar-refractivity contribution >= 4 is 37.4 Å². The summed E-state index contributed by atoms with van der Waals surface area (Å²) in [5, 5.41) is 0. The molecule has 22 heavy (non-hydrogen) atoms. The van der Waals surface area contributed by atoms with Gasteiger partial charge in [0.1, 0.15) is 0 Å². The Balaban J connectivity index is 2.16. The Labute approximate surface area is 138 Å². The van der Waals surface area contributed by atoms with Crippen molar-refractivity contribution in [1.82, 2.24) is 0 Å². The van der Waals surface area contributed by atoms with Crippen molar-refractivity contribution in [3.8, 4) is 0 Å². The minimum absolute atomic E-state index is 0.0600. The maximum Gasteiger partial charge on any atom is 0.261 e. The number of benzene rings is 2. The molecule has 0 aromatic heterocycles. The molecule has 0 amide bonds. The van der Waals surface area contributed by atoms with Crippen molar-refractivity contribution in [2.75, 3.05) is 4.72 Å². The molecule has 0 aliphatic carbocycles. The monoisotopic (exact) mass is 381 g/mol. The first-order chi connectivity index (χ1) is 10.4. The van der Waals surface area contributed by atoms with E-state index in [9.17, 15) is 13.2 Å². The van der Waals surface area contributed by atoms with Crippen LogP contribution in [0.3, 0.4) is 0 Å². The van der Waals surface area contributed by atoms with E-state index < -0.39 is 10.0 Å². The van der Waals surface area contributed by atoms with Gasteiger partial charge in [-0.05, 0) is 55.0 Å². The Morgan fingerprint density at radius 1 is 1.05 bits per heavy atom. The zero-order valence-electron chi connectivity index (χ0n) is 12.0. The summed E-state index contributed by atoms with van der Waals surface area (Å²) in [6.07, 6.45) is 1.28. The number of carbonyl (C=O) groups is 1. The highest BCUT2D eigenvalue weighted by molar-refractivity contribution is 9.10. The highest BCUT2D eigenvalue weighted by Gasteiger charge is 2.14. The predicted molar refractivity (Wildman–Crippen MR) is 90.6 cm³/mol. The lowest BCUT2D eigenvalue weighted by atomic mass is 10.1. The lowest BCUT2D eigenvalue weighted by Gasteiger charge is -2.09. The normalized spacial score (nSPS) is 11.2. The van der Waals surface area contributed by atoms with Crippen molar-refractivity contribution in [1.29, 1.82) is 0 Å². The maximum atomic E-state index is 12.2. The summed E-state index contributed by atoms with van der Waals surface area (Å²) in [4.78, 5) is 11.9. The van der Waals surface area contributed by atoms with E-state index in [-0.39, 0.29) is 10.7 Å². The van der Waals surface area contributed by atoms with Crippen LogP contribution in [0.1, 0.15) is 30.1 Å². The second kappa shape index (κ2) is 7.07. The number of hydrogen-bond acceptors (Lipinski definition) is 3. The van der Waals surface area contributed by atoms with Gasteiger partial charge < -0.3 is 0 Å². The molecule has 0 spiro atoms. The van der Waals surface area contributed by atoms with Crippen LogP contribution in [0.15, 0.2) is 57.9 Å². The van der Waals surface area contributed by atoms with Gasteiger partial charge in [-0.15, -0.1) is 0 Å². The molecular formula is C16H16BrNO3S. The SMILES string of the molecule is CCCC(=O)c1ccc(NS(=O)(=O)c2ccc(Br)cc2)cc1. The highest BCUT2D eigenvalue weighted by atomic mass is 79.9. The van der Waals surface area contributed by atoms with E-state index in [1.807, 2.05) is 6.92 Å². The molecule has 2 aromatic rings. The zero-order chi connectivity index (χ0) is 16.2. The molecule has 0 bridgehead atoms. The van der Waals surface area contributed by atoms with E-state index >= 15 is 0 Å². The minimum atomic E-state index is -3.63. The van der Waals surface area contributed by atoms with E-state index in [2.05, 4.69) is 20.7 Å². The van der Waals surface area contributed by atoms with Gasteiger partial charge in [-0.2, -0.15) is 0 Å². The zero-order valence-corrected chi connectivity index (χ0v) is 14.4. The molecule has 116 valence electrons. The van der Waals surface area contributed by atoms with Crippen molar-refractivity contribution in [3.05, 3.63) is 58.6 Å². The highest BCUT2D eigenvalue weighted by Crippen LogP contribution is 2.19. The number of hydrogen-bond donors (Lipinski definition) is 1. The van der Waals surface area contributed by atoms with Gasteiger partial charge in [0, 0.05) is 22.1 Å². The third-order valence-corrected chi connectivity index (χ3v) is 4.99. The second-order valence-corrected chi connectivity index (χ2v) is 7.41. The minimum Gasteiger partial charge on any atom is -0.294 e. The number of rotatable bonds is 6. The van der Waals surface area contributed by atoms with Crippen LogP contribution in [0.25, 0.3) is 0 Å². The Kier molecular flexibility index (Phi) is 5.37. The van der Waals surface area contributed by atoms with Gasteiger partial charge in [0.15, 0.2) is 5.78 Å². The molecule has 6 heteroatoms. The van der Waals surface area contributed by atoms with Crippen LogP contribution in [-0.2, 0) is 10.0 Å². The maximum absolute atomic E-state index is 12.2. The standard InChI is InChI=1S/C16H16BrNO3S/c1-2-3-16(19)12-4-8-14(9-5-12)18-22(20,21)15-10-6-13(17)7-11-15/h4-11,18H,2-3H2,1H3. The van der Waals surface area contributed by atoms with Gasteiger partial charge in [0.2, 0.25) is 0 Å². The van der Waals surface area contributed by atoms with E-state index in [1.54, 1.807) is 36.4 Å². The number of ketones is 1. The number of Topliss-reactive ketones (excluding diaryl/α,β-unsaturated/α-hetero) is 1. The molecule has 0 fully saturated rings. The van der Waals surface area contributed by atoms with E-state index in [4.69, 9.17) is 0 Å². The number of anilines is 1. The summed E-state index contributed by atoms with van der Waals surface area (Å²) >= 11 is 3.27. The lowest BCUT2D eigenvalue weighted by Crippen LogP contribution is -2.12. The van der Waals surface area contributed by atoms with Crippen LogP contribution in [0.4, 0.5) is 5.69 Å². The molecule has 0 radical (unpaired) electrons. The van der Waals surface area contributed by atoms with Crippen molar-refractivity contribution in [2.45, 2.75) is 24.7 Å². The fourth-order valence-electron chi connectivity index (χ4n) is 1.92. The average Bonchev–Trinajstić information content (AvgIpc) is 2.48. The summed E-state index contributed by atoms with van der Waals surface area (Å²) in [6, 6.07) is 12.8. The number of nitrogens with one attached hydrogen (secondary N) is 1. The van der Waals surface area contributed by atoms with Crippen LogP contribution in [-0.4, -0.2) is 14.2 Å². The van der Waals surface area contributed by atoms with Crippen LogP contribution in [0.5, 0.6) is 0 Å². The van der Waals surface area contributed by atoms with Crippen molar-refractivity contribution < 1.29 is 13.2 Å². The Bertz CT molecular complexity index is 753. The van der Waals surface area contributed by atoms with Crippen LogP contribution in [0, 0.1) is 0 Å². The summed E-state index contributed by atoms with van der Waals surface area (Å²) in [7, 11) is -3.63. The summed E-state index contributed by atoms with van der Waals surface area (Å²) in [5.74, 6) is 0.0600. The summed E-state index contributed by atoms with van der Waals surface area (Å²) in [5.41, 5.74) is 1.02. The average molecular weight is 382 g/mol. The number of carbonyl (C=O) groups excluding carboxylic acids is 1. The molecule has 0 saturated heterocycles. The van der Waals surface area contributed by atoms with Crippen LogP contribution in [0.2, 0.25) is 0 Å². The van der Waals surface area contributed by atoms with Gasteiger partial charge >= 0.3 is 0 Å². The third-order valence-electron chi connectivity index (χ3n) is 3.06. The lowest BCUT2D eigenvalue weighted by molar-refractivity contribution is 0.0982. The Morgan fingerprint density at radius 2 is 1.64 bits per heavy atom. The molecule has 0 aliphatic heterocycles. The van der Waals surface area contributed by atoms with Gasteiger partial charge in [0.25, 0.3) is 10.0 Å². The van der Waals surface area contributed by atoms with Gasteiger partial charge in [0.05, 0.1) is 4.90 Å². The summed E-state index contributed by atoms with van der Waals surface area (Å²) < 4.78 is 27.8. The largest absolute Gasteiger partial charge is 0.294 e. The van der Waals surface area contributed by atoms with Crippen molar-refractivity contribution in [2.24, 2.45) is 0 Å². The first-order valence-corrected chi connectivity index (χ1v) is 9.11. The molecule has 2 rings (SSSR count). The molecule has 0 unspecified atom stereocenters. The van der Waals surface area contributed by atoms with E-state index in [0.29, 0.717) is 17.7 Å². The van der Waals surface area contributed by atoms with Gasteiger partial charge in [-0.1, -0.05) is 22.9 Å². The second-order valence-electron chi connectivity index (χ2n) is 4.81. The van der Waals surface area contributed by atoms with Crippen LogP contribution < -0.4 is 4.72 Å². The van der Waals surface area contributed by atoms with Gasteiger partial charge in [-0.3, -0.25) is 9.52 Å². The molecule has 2 aromatic carbocycles. The quantitative estimate of drug-likeness (QED) is 0.761. The van der Waals surface area contributed by atoms with E-state index in [0.717, 1.165) is 10.9 Å². The van der Waals surface area contributed by atoms with Crippen molar-refractivity contribution in [3.63, 3.8) is 0 Å². The molecule has 1 N–H and O–H groups in total. The van der Waals surface area contributed by atoms with E-state index in [1.165, 1.54) is 12.1 Å². The summed E-state index contributed by atoms with van der Waals surface area (Å²) in [6.45, 7) is 1.94. The first-order valence-electron chi connectivity index (χ1n) is 6.84. The predicted octanol–water partition coefficient (Wildman–Crippen LogP) is 4.23. The van der Waals surface area contributed by atoms with Gasteiger partial charge in [-0.25, -0.2) is 8.42 Å². The number of sulfonamides is 1. The molecule has 4 nitrogen and oxygen atoms in total. The molecule has 0 atom stereocenters. The third kappa shape index (κ3) is 4.18. The molecule has 0 heterocycles. The molecule has 0 saturated carbocycles. The smallest absolute Gasteiger partial charge is 0.261 e. The Hall–Kier alpha value is -1.66. The fraction of sp³-hybridized carbons (Fsp3) is 0.188. The van der Waals surface area contributed by atoms with Crippen LogP contribution >= 0.6 is 15.9 Å².